The number of benzene rings is 2. The minimum absolute atomic E-state index is 0.00311. The number of ketones is 1. The highest BCUT2D eigenvalue weighted by molar-refractivity contribution is 6.30. The van der Waals surface area contributed by atoms with Crippen molar-refractivity contribution in [3.8, 4) is 11.5 Å². The number of carbonyl (C=O) groups excluding carboxylic acids is 1. The fraction of sp³-hybridized carbons (Fsp3) is 0.235. The van der Waals surface area contributed by atoms with Crippen molar-refractivity contribution < 1.29 is 9.53 Å². The molecule has 0 aliphatic carbocycles. The second-order valence-corrected chi connectivity index (χ2v) is 5.17. The summed E-state index contributed by atoms with van der Waals surface area (Å²) in [4.78, 5) is 11.4. The summed E-state index contributed by atoms with van der Waals surface area (Å²) in [5, 5.41) is 0. The summed E-state index contributed by atoms with van der Waals surface area (Å²) >= 11 is 5.52. The van der Waals surface area contributed by atoms with Gasteiger partial charge in [-0.1, -0.05) is 26.0 Å². The first-order valence-corrected chi connectivity index (χ1v) is 7.10. The lowest BCUT2D eigenvalue weighted by Gasteiger charge is -2.09. The molecule has 20 heavy (non-hydrogen) atoms. The molecule has 104 valence electrons. The van der Waals surface area contributed by atoms with E-state index in [-0.39, 0.29) is 11.7 Å². The number of carbonyl (C=O) groups is 1. The third-order valence-corrected chi connectivity index (χ3v) is 3.32. The van der Waals surface area contributed by atoms with Crippen LogP contribution in [0.2, 0.25) is 0 Å². The van der Waals surface area contributed by atoms with Gasteiger partial charge in [-0.25, -0.2) is 0 Å². The van der Waals surface area contributed by atoms with Crippen molar-refractivity contribution in [2.45, 2.75) is 19.8 Å². The van der Waals surface area contributed by atoms with E-state index in [9.17, 15) is 4.79 Å². The Morgan fingerprint density at radius 3 is 1.95 bits per heavy atom. The van der Waals surface area contributed by atoms with E-state index in [0.29, 0.717) is 17.2 Å². The maximum Gasteiger partial charge on any atom is 0.177 e. The van der Waals surface area contributed by atoms with Gasteiger partial charge in [0, 0.05) is 5.56 Å². The molecular weight excluding hydrogens is 272 g/mol. The summed E-state index contributed by atoms with van der Waals surface area (Å²) in [6.07, 6.45) is 0. The van der Waals surface area contributed by atoms with E-state index in [1.54, 1.807) is 24.3 Å². The first-order valence-electron chi connectivity index (χ1n) is 6.57. The molecule has 2 aromatic carbocycles. The summed E-state index contributed by atoms with van der Waals surface area (Å²) in [7, 11) is 0. The maximum absolute atomic E-state index is 11.4. The van der Waals surface area contributed by atoms with Crippen LogP contribution in [0, 0.1) is 0 Å². The van der Waals surface area contributed by atoms with Crippen LogP contribution in [0.5, 0.6) is 11.5 Å². The molecule has 2 rings (SSSR count). The van der Waals surface area contributed by atoms with Gasteiger partial charge < -0.3 is 4.74 Å². The highest BCUT2D eigenvalue weighted by Gasteiger charge is 2.05. The highest BCUT2D eigenvalue weighted by atomic mass is 35.5. The number of rotatable bonds is 5. The third kappa shape index (κ3) is 3.61. The first kappa shape index (κ1) is 14.6. The van der Waals surface area contributed by atoms with Gasteiger partial charge in [-0.3, -0.25) is 4.79 Å². The van der Waals surface area contributed by atoms with Crippen LogP contribution in [-0.2, 0) is 0 Å². The zero-order valence-electron chi connectivity index (χ0n) is 11.6. The largest absolute Gasteiger partial charge is 0.457 e. The molecule has 2 aromatic rings. The highest BCUT2D eigenvalue weighted by Crippen LogP contribution is 2.24. The zero-order valence-corrected chi connectivity index (χ0v) is 12.4. The fourth-order valence-corrected chi connectivity index (χ4v) is 2.00. The van der Waals surface area contributed by atoms with Crippen molar-refractivity contribution >= 4 is 17.4 Å². The van der Waals surface area contributed by atoms with Gasteiger partial charge in [0.05, 0.1) is 5.88 Å². The molecule has 0 heterocycles. The second kappa shape index (κ2) is 6.58. The molecular formula is C17H17ClO2. The van der Waals surface area contributed by atoms with Crippen molar-refractivity contribution in [2.24, 2.45) is 0 Å². The lowest BCUT2D eigenvalue weighted by Crippen LogP contribution is -1.99. The second-order valence-electron chi connectivity index (χ2n) is 4.91. The van der Waals surface area contributed by atoms with Crippen LogP contribution in [0.4, 0.5) is 0 Å². The average Bonchev–Trinajstić information content (AvgIpc) is 2.48. The molecule has 3 heteroatoms. The van der Waals surface area contributed by atoms with Crippen molar-refractivity contribution in [1.29, 1.82) is 0 Å². The summed E-state index contributed by atoms with van der Waals surface area (Å²) in [6.45, 7) is 4.31. The Hall–Kier alpha value is -1.80. The summed E-state index contributed by atoms with van der Waals surface area (Å²) in [5.74, 6) is 1.90. The van der Waals surface area contributed by atoms with E-state index in [0.717, 1.165) is 5.75 Å². The summed E-state index contributed by atoms with van der Waals surface area (Å²) < 4.78 is 5.74. The lowest BCUT2D eigenvalue weighted by molar-refractivity contribution is 0.102. The number of halogens is 1. The molecule has 0 fully saturated rings. The molecule has 0 aliphatic heterocycles. The molecule has 0 N–H and O–H groups in total. The topological polar surface area (TPSA) is 26.3 Å². The van der Waals surface area contributed by atoms with Gasteiger partial charge in [-0.05, 0) is 47.9 Å². The van der Waals surface area contributed by atoms with Crippen LogP contribution in [-0.4, -0.2) is 11.7 Å². The van der Waals surface area contributed by atoms with Crippen LogP contribution in [0.3, 0.4) is 0 Å². The van der Waals surface area contributed by atoms with Gasteiger partial charge in [0.25, 0.3) is 0 Å². The Labute approximate surface area is 124 Å². The standard InChI is InChI=1S/C17H17ClO2/c1-12(2)13-3-7-15(8-4-13)20-16-9-5-14(6-10-16)17(19)11-18/h3-10,12H,11H2,1-2H3. The molecule has 0 saturated heterocycles. The van der Waals surface area contributed by atoms with Gasteiger partial charge >= 0.3 is 0 Å². The SMILES string of the molecule is CC(C)c1ccc(Oc2ccc(C(=O)CCl)cc2)cc1. The third-order valence-electron chi connectivity index (χ3n) is 3.08. The van der Waals surface area contributed by atoms with Crippen LogP contribution in [0.15, 0.2) is 48.5 Å². The van der Waals surface area contributed by atoms with E-state index in [2.05, 4.69) is 26.0 Å². The zero-order chi connectivity index (χ0) is 14.5. The minimum Gasteiger partial charge on any atom is -0.457 e. The Balaban J connectivity index is 2.08. The first-order chi connectivity index (χ1) is 9.60. The summed E-state index contributed by atoms with van der Waals surface area (Å²) in [6, 6.07) is 15.0. The predicted octanol–water partition coefficient (Wildman–Crippen LogP) is 5.02. The number of ether oxygens (including phenoxy) is 1. The van der Waals surface area contributed by atoms with Gasteiger partial charge in [-0.2, -0.15) is 0 Å². The molecule has 0 saturated carbocycles. The van der Waals surface area contributed by atoms with Crippen LogP contribution < -0.4 is 4.74 Å². The Bertz CT molecular complexity index is 571. The lowest BCUT2D eigenvalue weighted by atomic mass is 10.0. The van der Waals surface area contributed by atoms with Gasteiger partial charge in [0.2, 0.25) is 0 Å². The van der Waals surface area contributed by atoms with Crippen LogP contribution in [0.25, 0.3) is 0 Å². The van der Waals surface area contributed by atoms with Crippen LogP contribution >= 0.6 is 11.6 Å². The molecule has 0 atom stereocenters. The number of Topliss-reactive ketones (excluding diaryl/α,β-unsaturated/α-hetero) is 1. The van der Waals surface area contributed by atoms with Crippen molar-refractivity contribution in [2.75, 3.05) is 5.88 Å². The minimum atomic E-state index is -0.0838. The molecule has 0 unspecified atom stereocenters. The molecule has 2 nitrogen and oxygen atoms in total. The molecule has 0 radical (unpaired) electrons. The van der Waals surface area contributed by atoms with Gasteiger partial charge in [-0.15, -0.1) is 11.6 Å². The quantitative estimate of drug-likeness (QED) is 0.570. The van der Waals surface area contributed by atoms with E-state index < -0.39 is 0 Å². The molecule has 0 aromatic heterocycles. The fourth-order valence-electron chi connectivity index (χ4n) is 1.84. The number of hydrogen-bond acceptors (Lipinski definition) is 2. The molecule has 0 amide bonds. The van der Waals surface area contributed by atoms with Crippen molar-refractivity contribution in [3.05, 3.63) is 59.7 Å². The smallest absolute Gasteiger partial charge is 0.177 e. The number of alkyl halides is 1. The Morgan fingerprint density at radius 1 is 1.00 bits per heavy atom. The van der Waals surface area contributed by atoms with E-state index in [1.807, 2.05) is 12.1 Å². The Kier molecular flexibility index (Phi) is 4.80. The van der Waals surface area contributed by atoms with Crippen molar-refractivity contribution in [1.82, 2.24) is 0 Å². The Morgan fingerprint density at radius 2 is 1.50 bits per heavy atom. The normalized spacial score (nSPS) is 10.6. The summed E-state index contributed by atoms with van der Waals surface area (Å²) in [5.41, 5.74) is 1.88. The monoisotopic (exact) mass is 288 g/mol. The van der Waals surface area contributed by atoms with Gasteiger partial charge in [0.15, 0.2) is 5.78 Å². The van der Waals surface area contributed by atoms with E-state index >= 15 is 0 Å². The maximum atomic E-state index is 11.4. The number of hydrogen-bond donors (Lipinski definition) is 0. The van der Waals surface area contributed by atoms with E-state index in [4.69, 9.17) is 16.3 Å². The van der Waals surface area contributed by atoms with Crippen molar-refractivity contribution in [3.63, 3.8) is 0 Å². The molecule has 0 bridgehead atoms. The van der Waals surface area contributed by atoms with Crippen LogP contribution in [0.1, 0.15) is 35.7 Å². The predicted molar refractivity (Wildman–Crippen MR) is 82.1 cm³/mol. The van der Waals surface area contributed by atoms with Gasteiger partial charge in [0.1, 0.15) is 11.5 Å². The molecule has 0 spiro atoms. The van der Waals surface area contributed by atoms with E-state index in [1.165, 1.54) is 5.56 Å². The average molecular weight is 289 g/mol. The molecule has 0 aliphatic rings.